The van der Waals surface area contributed by atoms with E-state index in [1.54, 1.807) is 6.07 Å². The molecule has 1 aliphatic carbocycles. The lowest BCUT2D eigenvalue weighted by Gasteiger charge is -2.29. The van der Waals surface area contributed by atoms with E-state index in [9.17, 15) is 18.0 Å². The lowest BCUT2D eigenvalue weighted by molar-refractivity contribution is 0.0999. The maximum absolute atomic E-state index is 12.4. The van der Waals surface area contributed by atoms with E-state index < -0.39 is 21.3 Å². The van der Waals surface area contributed by atoms with E-state index in [4.69, 9.17) is 11.5 Å². The highest BCUT2D eigenvalue weighted by Gasteiger charge is 2.24. The number of aromatic amines is 1. The molecule has 2 atom stereocenters. The van der Waals surface area contributed by atoms with E-state index in [1.807, 2.05) is 0 Å². The van der Waals surface area contributed by atoms with Crippen molar-refractivity contribution in [3.63, 3.8) is 0 Å². The van der Waals surface area contributed by atoms with Crippen LogP contribution in [0.25, 0.3) is 0 Å². The van der Waals surface area contributed by atoms with Gasteiger partial charge in [-0.2, -0.15) is 4.98 Å². The second-order valence-corrected chi connectivity index (χ2v) is 9.14. The fourth-order valence-electron chi connectivity index (χ4n) is 3.32. The third kappa shape index (κ3) is 4.93. The smallest absolute Gasteiger partial charge is 0.267 e. The van der Waals surface area contributed by atoms with Gasteiger partial charge in [0.05, 0.1) is 4.90 Å². The number of sulfone groups is 1. The molecule has 1 amide bonds. The lowest BCUT2D eigenvalue weighted by atomic mass is 9.91. The van der Waals surface area contributed by atoms with Crippen LogP contribution >= 0.6 is 0 Å². The number of aromatic nitrogens is 2. The molecular formula is C18H24N6O4S. The van der Waals surface area contributed by atoms with Crippen molar-refractivity contribution >= 4 is 33.2 Å². The summed E-state index contributed by atoms with van der Waals surface area (Å²) in [4.78, 5) is 31.1. The molecule has 7 N–H and O–H groups in total. The van der Waals surface area contributed by atoms with Gasteiger partial charge in [0.2, 0.25) is 5.95 Å². The summed E-state index contributed by atoms with van der Waals surface area (Å²) in [6.45, 7) is 0. The van der Waals surface area contributed by atoms with E-state index in [0.717, 1.165) is 31.9 Å². The molecule has 2 aromatic rings. The Hall–Kier alpha value is -2.92. The van der Waals surface area contributed by atoms with Gasteiger partial charge in [0.15, 0.2) is 15.7 Å². The van der Waals surface area contributed by atoms with Crippen molar-refractivity contribution in [3.05, 3.63) is 40.2 Å². The summed E-state index contributed by atoms with van der Waals surface area (Å²) >= 11 is 0. The second-order valence-electron chi connectivity index (χ2n) is 7.13. The molecule has 1 aromatic heterocycles. The van der Waals surface area contributed by atoms with E-state index >= 15 is 0 Å². The average molecular weight is 420 g/mol. The first kappa shape index (κ1) is 20.8. The first-order valence-corrected chi connectivity index (χ1v) is 11.1. The van der Waals surface area contributed by atoms with Gasteiger partial charge >= 0.3 is 0 Å². The Labute approximate surface area is 168 Å². The number of rotatable bonds is 6. The number of carbonyl (C=O) groups is 1. The summed E-state index contributed by atoms with van der Waals surface area (Å²) in [6.07, 6.45) is 4.85. The van der Waals surface area contributed by atoms with Crippen molar-refractivity contribution in [2.24, 2.45) is 11.5 Å². The Morgan fingerprint density at radius 2 is 2.00 bits per heavy atom. The van der Waals surface area contributed by atoms with Crippen LogP contribution in [0.5, 0.6) is 0 Å². The van der Waals surface area contributed by atoms with Gasteiger partial charge in [-0.1, -0.05) is 18.9 Å². The van der Waals surface area contributed by atoms with Crippen LogP contribution in [-0.4, -0.2) is 42.6 Å². The van der Waals surface area contributed by atoms with Gasteiger partial charge in [0.25, 0.3) is 11.5 Å². The Morgan fingerprint density at radius 3 is 2.66 bits per heavy atom. The molecule has 3 rings (SSSR count). The van der Waals surface area contributed by atoms with Crippen LogP contribution in [0, 0.1) is 0 Å². The third-order valence-electron chi connectivity index (χ3n) is 4.83. The van der Waals surface area contributed by atoms with Crippen LogP contribution in [0.2, 0.25) is 0 Å². The summed E-state index contributed by atoms with van der Waals surface area (Å²) in [6, 6.07) is 5.81. The predicted octanol–water partition coefficient (Wildman–Crippen LogP) is 0.698. The zero-order chi connectivity index (χ0) is 21.2. The van der Waals surface area contributed by atoms with E-state index in [0.29, 0.717) is 5.69 Å². The van der Waals surface area contributed by atoms with Gasteiger partial charge in [0.1, 0.15) is 5.56 Å². The number of anilines is 3. The van der Waals surface area contributed by atoms with Crippen molar-refractivity contribution in [1.29, 1.82) is 0 Å². The topological polar surface area (TPSA) is 173 Å². The number of nitrogens with one attached hydrogen (secondary N) is 3. The van der Waals surface area contributed by atoms with Crippen LogP contribution in [-0.2, 0) is 9.84 Å². The second kappa shape index (κ2) is 8.21. The van der Waals surface area contributed by atoms with Crippen molar-refractivity contribution in [1.82, 2.24) is 9.97 Å². The molecule has 0 spiro atoms. The van der Waals surface area contributed by atoms with E-state index in [-0.39, 0.29) is 34.3 Å². The van der Waals surface area contributed by atoms with Crippen LogP contribution in [0.1, 0.15) is 36.0 Å². The highest BCUT2D eigenvalue weighted by atomic mass is 32.2. The Bertz CT molecular complexity index is 1080. The minimum Gasteiger partial charge on any atom is -0.365 e. The van der Waals surface area contributed by atoms with Gasteiger partial charge in [-0.15, -0.1) is 0 Å². The summed E-state index contributed by atoms with van der Waals surface area (Å²) in [5.74, 6) is -0.871. The molecule has 1 heterocycles. The normalized spacial score (nSPS) is 19.5. The zero-order valence-corrected chi connectivity index (χ0v) is 16.8. The number of nitrogens with two attached hydrogens (primary N) is 2. The van der Waals surface area contributed by atoms with Gasteiger partial charge in [0, 0.05) is 24.0 Å². The van der Waals surface area contributed by atoms with E-state index in [1.165, 1.54) is 18.2 Å². The molecule has 1 aromatic carbocycles. The molecule has 156 valence electrons. The third-order valence-corrected chi connectivity index (χ3v) is 5.94. The number of amides is 1. The number of hydrogen-bond donors (Lipinski definition) is 5. The monoisotopic (exact) mass is 420 g/mol. The summed E-state index contributed by atoms with van der Waals surface area (Å²) in [7, 11) is -3.43. The highest BCUT2D eigenvalue weighted by molar-refractivity contribution is 7.90. The molecule has 1 fully saturated rings. The van der Waals surface area contributed by atoms with Crippen molar-refractivity contribution in [3.8, 4) is 0 Å². The Morgan fingerprint density at radius 1 is 1.28 bits per heavy atom. The highest BCUT2D eigenvalue weighted by Crippen LogP contribution is 2.23. The zero-order valence-electron chi connectivity index (χ0n) is 15.9. The molecule has 11 heteroatoms. The number of primary amides is 1. The van der Waals surface area contributed by atoms with Gasteiger partial charge in [-0.05, 0) is 31.0 Å². The van der Waals surface area contributed by atoms with Crippen LogP contribution < -0.4 is 27.7 Å². The quantitative estimate of drug-likeness (QED) is 0.454. The largest absolute Gasteiger partial charge is 0.365 e. The summed E-state index contributed by atoms with van der Waals surface area (Å²) < 4.78 is 23.6. The van der Waals surface area contributed by atoms with Crippen molar-refractivity contribution in [2.45, 2.75) is 42.7 Å². The lowest BCUT2D eigenvalue weighted by Crippen LogP contribution is -2.43. The maximum atomic E-state index is 12.4. The minimum atomic E-state index is -3.43. The average Bonchev–Trinajstić information content (AvgIpc) is 2.62. The molecule has 0 radical (unpaired) electrons. The molecule has 10 nitrogen and oxygen atoms in total. The van der Waals surface area contributed by atoms with Gasteiger partial charge in [-0.3, -0.25) is 14.6 Å². The van der Waals surface area contributed by atoms with Crippen LogP contribution in [0.3, 0.4) is 0 Å². The fraction of sp³-hybridized carbons (Fsp3) is 0.389. The maximum Gasteiger partial charge on any atom is 0.267 e. The molecule has 0 saturated heterocycles. The summed E-state index contributed by atoms with van der Waals surface area (Å²) in [5.41, 5.74) is 10.8. The Kier molecular flexibility index (Phi) is 5.89. The van der Waals surface area contributed by atoms with Crippen LogP contribution in [0.4, 0.5) is 17.5 Å². The first-order valence-electron chi connectivity index (χ1n) is 9.18. The molecule has 0 bridgehead atoms. The van der Waals surface area contributed by atoms with Gasteiger partial charge in [-0.25, -0.2) is 8.42 Å². The number of nitrogens with zero attached hydrogens (tertiary/aromatic N) is 1. The molecular weight excluding hydrogens is 396 g/mol. The van der Waals surface area contributed by atoms with Crippen molar-refractivity contribution in [2.75, 3.05) is 16.9 Å². The first-order chi connectivity index (χ1) is 13.6. The molecule has 0 aliphatic heterocycles. The SMILES string of the molecule is CS(=O)(=O)c1cccc(Nc2nc(N[C@@H]3CCCC[C@@H]3N)[nH]c(=O)c2C(N)=O)c1. The number of H-pyrrole nitrogens is 1. The summed E-state index contributed by atoms with van der Waals surface area (Å²) in [5, 5.41) is 5.95. The molecule has 29 heavy (non-hydrogen) atoms. The minimum absolute atomic E-state index is 0.0623. The fourth-order valence-corrected chi connectivity index (χ4v) is 3.98. The van der Waals surface area contributed by atoms with E-state index in [2.05, 4.69) is 20.6 Å². The number of benzene rings is 1. The molecule has 1 saturated carbocycles. The number of hydrogen-bond acceptors (Lipinski definition) is 8. The van der Waals surface area contributed by atoms with Crippen molar-refractivity contribution < 1.29 is 13.2 Å². The molecule has 0 unspecified atom stereocenters. The standard InChI is InChI=1S/C18H24N6O4S/c1-29(27,28)11-6-4-5-10(9-11)21-16-14(15(20)25)17(26)24-18(23-16)22-13-8-3-2-7-12(13)19/h4-6,9,12-13H,2-3,7-8,19H2,1H3,(H2,20,25)(H3,21,22,23,24,26)/t12-,13+/m0/s1. The van der Waals surface area contributed by atoms with Crippen LogP contribution in [0.15, 0.2) is 34.0 Å². The number of carbonyl (C=O) groups excluding carboxylic acids is 1. The Balaban J connectivity index is 1.97. The van der Waals surface area contributed by atoms with Gasteiger partial charge < -0.3 is 22.1 Å². The predicted molar refractivity (Wildman–Crippen MR) is 110 cm³/mol. The molecule has 1 aliphatic rings.